The van der Waals surface area contributed by atoms with Crippen LogP contribution in [0.3, 0.4) is 0 Å². The minimum absolute atomic E-state index is 0.0942. The molecule has 3 heterocycles. The van der Waals surface area contributed by atoms with Crippen molar-refractivity contribution in [2.75, 3.05) is 32.1 Å². The van der Waals surface area contributed by atoms with Crippen molar-refractivity contribution in [3.8, 4) is 17.2 Å². The largest absolute Gasteiger partial charge is 0.488 e. The van der Waals surface area contributed by atoms with Gasteiger partial charge in [0, 0.05) is 44.2 Å². The van der Waals surface area contributed by atoms with E-state index in [1.54, 1.807) is 42.3 Å². The molecule has 10 heteroatoms. The molecule has 4 rings (SSSR count). The van der Waals surface area contributed by atoms with Crippen molar-refractivity contribution in [1.29, 1.82) is 0 Å². The van der Waals surface area contributed by atoms with Gasteiger partial charge in [0.15, 0.2) is 5.82 Å². The number of ether oxygens (including phenoxy) is 3. The lowest BCUT2D eigenvalue weighted by Gasteiger charge is -2.30. The van der Waals surface area contributed by atoms with E-state index in [1.165, 1.54) is 24.8 Å². The second-order valence-corrected chi connectivity index (χ2v) is 7.75. The predicted molar refractivity (Wildman–Crippen MR) is 123 cm³/mol. The molecule has 0 bridgehead atoms. The molecule has 2 aromatic heterocycles. The Kier molecular flexibility index (Phi) is 7.28. The summed E-state index contributed by atoms with van der Waals surface area (Å²) in [6.07, 6.45) is 6.70. The quantitative estimate of drug-likeness (QED) is 0.514. The molecule has 1 fully saturated rings. The summed E-state index contributed by atoms with van der Waals surface area (Å²) >= 11 is 0. The number of amides is 2. The number of hydrogen-bond acceptors (Lipinski definition) is 8. The van der Waals surface area contributed by atoms with Gasteiger partial charge in [0.2, 0.25) is 0 Å². The number of nitrogens with zero attached hydrogens (tertiary/aromatic N) is 4. The molecule has 0 spiro atoms. The topological polar surface area (TPSA) is 116 Å². The summed E-state index contributed by atoms with van der Waals surface area (Å²) in [5, 5.41) is 2.69. The fourth-order valence-electron chi connectivity index (χ4n) is 3.27. The molecular weight excluding hydrogens is 438 g/mol. The minimum atomic E-state index is -0.399. The van der Waals surface area contributed by atoms with Crippen LogP contribution < -0.4 is 14.8 Å². The summed E-state index contributed by atoms with van der Waals surface area (Å²) in [6.45, 7) is 3.75. The highest BCUT2D eigenvalue weighted by Crippen LogP contribution is 2.28. The molecule has 1 aromatic carbocycles. The van der Waals surface area contributed by atoms with Crippen LogP contribution in [0.1, 0.15) is 34.2 Å². The molecule has 1 N–H and O–H groups in total. The SMILES string of the molecule is COC[C@H](C)Oc1cc(Oc2ccc(C(=O)N3CCC3)nc2)cc(C(=O)Nc2cnccn2)c1. The molecule has 1 saturated heterocycles. The van der Waals surface area contributed by atoms with Crippen molar-refractivity contribution >= 4 is 17.6 Å². The van der Waals surface area contributed by atoms with E-state index < -0.39 is 5.91 Å². The molecule has 0 radical (unpaired) electrons. The highest BCUT2D eigenvalue weighted by molar-refractivity contribution is 6.04. The summed E-state index contributed by atoms with van der Waals surface area (Å²) in [5.41, 5.74) is 0.668. The molecule has 1 atom stereocenters. The number of hydrogen-bond donors (Lipinski definition) is 1. The molecule has 0 unspecified atom stereocenters. The van der Waals surface area contributed by atoms with Crippen molar-refractivity contribution in [1.82, 2.24) is 19.9 Å². The van der Waals surface area contributed by atoms with Crippen LogP contribution in [-0.2, 0) is 4.74 Å². The number of benzene rings is 1. The zero-order valence-electron chi connectivity index (χ0n) is 18.9. The van der Waals surface area contributed by atoms with Crippen molar-refractivity contribution in [2.24, 2.45) is 0 Å². The van der Waals surface area contributed by atoms with E-state index in [1.807, 2.05) is 6.92 Å². The number of aromatic nitrogens is 3. The van der Waals surface area contributed by atoms with Gasteiger partial charge in [-0.1, -0.05) is 0 Å². The van der Waals surface area contributed by atoms with Crippen LogP contribution in [0.4, 0.5) is 5.82 Å². The van der Waals surface area contributed by atoms with Gasteiger partial charge in [-0.15, -0.1) is 0 Å². The van der Waals surface area contributed by atoms with E-state index in [0.717, 1.165) is 19.5 Å². The van der Waals surface area contributed by atoms with Crippen LogP contribution in [0.15, 0.2) is 55.1 Å². The average Bonchev–Trinajstić information content (AvgIpc) is 2.79. The Morgan fingerprint density at radius 3 is 2.53 bits per heavy atom. The van der Waals surface area contributed by atoms with E-state index in [-0.39, 0.29) is 12.0 Å². The Morgan fingerprint density at radius 1 is 1.06 bits per heavy atom. The number of methoxy groups -OCH3 is 1. The van der Waals surface area contributed by atoms with Crippen molar-refractivity contribution in [3.63, 3.8) is 0 Å². The van der Waals surface area contributed by atoms with Crippen LogP contribution in [0.25, 0.3) is 0 Å². The van der Waals surface area contributed by atoms with Gasteiger partial charge in [-0.3, -0.25) is 14.6 Å². The zero-order chi connectivity index (χ0) is 23.9. The number of carbonyl (C=O) groups is 2. The Labute approximate surface area is 196 Å². The highest BCUT2D eigenvalue weighted by atomic mass is 16.5. The van der Waals surface area contributed by atoms with Gasteiger partial charge in [0.1, 0.15) is 29.0 Å². The van der Waals surface area contributed by atoms with Crippen LogP contribution in [0, 0.1) is 0 Å². The summed E-state index contributed by atoms with van der Waals surface area (Å²) in [4.78, 5) is 39.1. The standard InChI is InChI=1S/C24H25N5O5/c1-16(15-32-2)33-19-10-17(23(30)28-22-14-25-6-7-26-22)11-20(12-19)34-18-4-5-21(27-13-18)24(31)29-8-3-9-29/h4-7,10-14,16H,3,8-9,15H2,1-2H3,(H,26,28,30)/t16-/m0/s1. The molecule has 3 aromatic rings. The smallest absolute Gasteiger partial charge is 0.272 e. The van der Waals surface area contributed by atoms with Gasteiger partial charge in [-0.2, -0.15) is 0 Å². The zero-order valence-corrected chi connectivity index (χ0v) is 18.9. The van der Waals surface area contributed by atoms with Gasteiger partial charge in [-0.05, 0) is 37.6 Å². The van der Waals surface area contributed by atoms with Gasteiger partial charge in [0.05, 0.1) is 19.0 Å². The number of carbonyl (C=O) groups excluding carboxylic acids is 2. The normalized spacial score (nSPS) is 13.5. The van der Waals surface area contributed by atoms with Crippen LogP contribution in [-0.4, -0.2) is 64.6 Å². The first-order valence-corrected chi connectivity index (χ1v) is 10.8. The fourth-order valence-corrected chi connectivity index (χ4v) is 3.27. The van der Waals surface area contributed by atoms with E-state index in [2.05, 4.69) is 20.3 Å². The third kappa shape index (κ3) is 5.84. The van der Waals surface area contributed by atoms with Crippen LogP contribution >= 0.6 is 0 Å². The van der Waals surface area contributed by atoms with Gasteiger partial charge in [-0.25, -0.2) is 9.97 Å². The Balaban J connectivity index is 1.54. The number of rotatable bonds is 9. The first-order chi connectivity index (χ1) is 16.5. The van der Waals surface area contributed by atoms with Crippen molar-refractivity contribution < 1.29 is 23.8 Å². The maximum atomic E-state index is 12.8. The van der Waals surface area contributed by atoms with Crippen molar-refractivity contribution in [3.05, 3.63) is 66.4 Å². The number of nitrogens with one attached hydrogen (secondary N) is 1. The third-order valence-electron chi connectivity index (χ3n) is 5.02. The van der Waals surface area contributed by atoms with Crippen LogP contribution in [0.5, 0.6) is 17.2 Å². The van der Waals surface area contributed by atoms with Gasteiger partial charge in [0.25, 0.3) is 11.8 Å². The molecular formula is C24H25N5O5. The Morgan fingerprint density at radius 2 is 1.88 bits per heavy atom. The maximum Gasteiger partial charge on any atom is 0.272 e. The Bertz CT molecular complexity index is 1140. The van der Waals surface area contributed by atoms with E-state index >= 15 is 0 Å². The highest BCUT2D eigenvalue weighted by Gasteiger charge is 2.22. The molecule has 1 aliphatic heterocycles. The Hall–Kier alpha value is -4.05. The monoisotopic (exact) mass is 463 g/mol. The maximum absolute atomic E-state index is 12.8. The molecule has 1 aliphatic rings. The lowest BCUT2D eigenvalue weighted by Crippen LogP contribution is -2.42. The molecule has 176 valence electrons. The minimum Gasteiger partial charge on any atom is -0.488 e. The second kappa shape index (κ2) is 10.7. The predicted octanol–water partition coefficient (Wildman–Crippen LogP) is 3.18. The second-order valence-electron chi connectivity index (χ2n) is 7.75. The van der Waals surface area contributed by atoms with E-state index in [0.29, 0.717) is 40.9 Å². The van der Waals surface area contributed by atoms with Crippen molar-refractivity contribution in [2.45, 2.75) is 19.4 Å². The van der Waals surface area contributed by atoms with E-state index in [4.69, 9.17) is 14.2 Å². The number of anilines is 1. The summed E-state index contributed by atoms with van der Waals surface area (Å²) in [5.74, 6) is 1.05. The molecule has 2 amide bonds. The third-order valence-corrected chi connectivity index (χ3v) is 5.02. The lowest BCUT2D eigenvalue weighted by atomic mass is 10.2. The van der Waals surface area contributed by atoms with Crippen LogP contribution in [0.2, 0.25) is 0 Å². The summed E-state index contributed by atoms with van der Waals surface area (Å²) < 4.78 is 16.9. The molecule has 10 nitrogen and oxygen atoms in total. The summed E-state index contributed by atoms with van der Waals surface area (Å²) in [7, 11) is 1.59. The number of pyridine rings is 1. The fraction of sp³-hybridized carbons (Fsp3) is 0.292. The van der Waals surface area contributed by atoms with Gasteiger partial charge < -0.3 is 24.4 Å². The number of likely N-dealkylation sites (tertiary alicyclic amines) is 1. The first-order valence-electron chi connectivity index (χ1n) is 10.8. The van der Waals surface area contributed by atoms with E-state index in [9.17, 15) is 9.59 Å². The van der Waals surface area contributed by atoms with Gasteiger partial charge >= 0.3 is 0 Å². The first kappa shape index (κ1) is 23.1. The lowest BCUT2D eigenvalue weighted by molar-refractivity contribution is 0.0645. The average molecular weight is 463 g/mol. The summed E-state index contributed by atoms with van der Waals surface area (Å²) in [6, 6.07) is 8.15. The molecule has 0 saturated carbocycles. The molecule has 34 heavy (non-hydrogen) atoms. The molecule has 0 aliphatic carbocycles.